The molecule has 2 unspecified atom stereocenters. The summed E-state index contributed by atoms with van der Waals surface area (Å²) in [5, 5.41) is 0. The quantitative estimate of drug-likeness (QED) is 0.731. The summed E-state index contributed by atoms with van der Waals surface area (Å²) >= 11 is 0. The average molecular weight is 211 g/mol. The van der Waals surface area contributed by atoms with Crippen molar-refractivity contribution in [1.82, 2.24) is 9.80 Å². The van der Waals surface area contributed by atoms with Gasteiger partial charge in [0.2, 0.25) is 0 Å². The van der Waals surface area contributed by atoms with E-state index >= 15 is 0 Å². The fourth-order valence-electron chi connectivity index (χ4n) is 2.86. The van der Waals surface area contributed by atoms with Gasteiger partial charge in [0.05, 0.1) is 0 Å². The highest BCUT2D eigenvalue weighted by molar-refractivity contribution is 4.92. The van der Waals surface area contributed by atoms with Crippen LogP contribution in [-0.2, 0) is 0 Å². The van der Waals surface area contributed by atoms with Crippen molar-refractivity contribution in [3.05, 3.63) is 0 Å². The van der Waals surface area contributed by atoms with Gasteiger partial charge < -0.3 is 15.5 Å². The van der Waals surface area contributed by atoms with E-state index in [1.807, 2.05) is 0 Å². The number of nitrogens with zero attached hydrogens (tertiary/aromatic N) is 2. The van der Waals surface area contributed by atoms with E-state index in [0.717, 1.165) is 12.5 Å². The highest BCUT2D eigenvalue weighted by Crippen LogP contribution is 2.31. The van der Waals surface area contributed by atoms with Crippen molar-refractivity contribution in [2.24, 2.45) is 11.7 Å². The molecule has 1 saturated carbocycles. The van der Waals surface area contributed by atoms with Crippen LogP contribution in [0.1, 0.15) is 25.7 Å². The molecule has 1 aliphatic carbocycles. The van der Waals surface area contributed by atoms with Gasteiger partial charge in [-0.3, -0.25) is 0 Å². The fourth-order valence-corrected chi connectivity index (χ4v) is 2.86. The lowest BCUT2D eigenvalue weighted by Gasteiger charge is -2.40. The van der Waals surface area contributed by atoms with Crippen molar-refractivity contribution in [3.63, 3.8) is 0 Å². The first-order valence-corrected chi connectivity index (χ1v) is 6.33. The van der Waals surface area contributed by atoms with Crippen LogP contribution < -0.4 is 5.73 Å². The molecular formula is C12H25N3. The van der Waals surface area contributed by atoms with Gasteiger partial charge in [0.25, 0.3) is 0 Å². The molecule has 2 aliphatic rings. The van der Waals surface area contributed by atoms with Crippen LogP contribution in [0.5, 0.6) is 0 Å². The third kappa shape index (κ3) is 2.52. The van der Waals surface area contributed by atoms with Crippen LogP contribution in [0.25, 0.3) is 0 Å². The van der Waals surface area contributed by atoms with Gasteiger partial charge in [0.15, 0.2) is 0 Å². The number of hydrogen-bond acceptors (Lipinski definition) is 3. The minimum absolute atomic E-state index is 0.393. The normalized spacial score (nSPS) is 33.4. The van der Waals surface area contributed by atoms with E-state index in [0.29, 0.717) is 12.1 Å². The first-order chi connectivity index (χ1) is 7.18. The number of rotatable bonds is 2. The molecule has 1 heterocycles. The summed E-state index contributed by atoms with van der Waals surface area (Å²) in [7, 11) is 4.46. The fraction of sp³-hybridized carbons (Fsp3) is 1.00. The topological polar surface area (TPSA) is 32.5 Å². The molecule has 3 nitrogen and oxygen atoms in total. The maximum Gasteiger partial charge on any atom is 0.0373 e. The zero-order valence-corrected chi connectivity index (χ0v) is 10.2. The molecule has 1 aliphatic heterocycles. The predicted molar refractivity (Wildman–Crippen MR) is 63.8 cm³/mol. The first-order valence-electron chi connectivity index (χ1n) is 6.33. The van der Waals surface area contributed by atoms with E-state index in [-0.39, 0.29) is 0 Å². The van der Waals surface area contributed by atoms with Crippen LogP contribution in [0.3, 0.4) is 0 Å². The summed E-state index contributed by atoms with van der Waals surface area (Å²) in [6.45, 7) is 3.57. The lowest BCUT2D eigenvalue weighted by molar-refractivity contribution is 0.132. The maximum absolute atomic E-state index is 6.41. The second-order valence-corrected chi connectivity index (χ2v) is 5.43. The summed E-state index contributed by atoms with van der Waals surface area (Å²) in [6.07, 6.45) is 5.38. The molecule has 2 rings (SSSR count). The summed E-state index contributed by atoms with van der Waals surface area (Å²) in [6, 6.07) is 0.965. The van der Waals surface area contributed by atoms with Crippen LogP contribution in [0.4, 0.5) is 0 Å². The molecule has 0 spiro atoms. The molecule has 2 atom stereocenters. The van der Waals surface area contributed by atoms with Crippen molar-refractivity contribution >= 4 is 0 Å². The molecule has 0 aromatic heterocycles. The SMILES string of the molecule is CN1CCCN(C)C(C(N)C2CCC2)C1. The van der Waals surface area contributed by atoms with Crippen LogP contribution in [0.2, 0.25) is 0 Å². The van der Waals surface area contributed by atoms with Crippen molar-refractivity contribution in [2.75, 3.05) is 33.7 Å². The lowest BCUT2D eigenvalue weighted by Crippen LogP contribution is -2.54. The minimum atomic E-state index is 0.393. The standard InChI is InChI=1S/C12H25N3/c1-14-7-4-8-15(2)11(9-14)12(13)10-5-3-6-10/h10-12H,3-9,13H2,1-2H3. The van der Waals surface area contributed by atoms with Gasteiger partial charge in [0.1, 0.15) is 0 Å². The molecule has 0 aromatic rings. The number of nitrogens with two attached hydrogens (primary N) is 1. The molecule has 1 saturated heterocycles. The highest BCUT2D eigenvalue weighted by Gasteiger charge is 2.33. The second-order valence-electron chi connectivity index (χ2n) is 5.43. The molecule has 2 fully saturated rings. The van der Waals surface area contributed by atoms with Crippen molar-refractivity contribution in [1.29, 1.82) is 0 Å². The van der Waals surface area contributed by atoms with E-state index in [2.05, 4.69) is 23.9 Å². The summed E-state index contributed by atoms with van der Waals surface area (Å²) < 4.78 is 0. The van der Waals surface area contributed by atoms with Crippen LogP contribution in [0.15, 0.2) is 0 Å². The van der Waals surface area contributed by atoms with Gasteiger partial charge in [-0.2, -0.15) is 0 Å². The Morgan fingerprint density at radius 3 is 2.47 bits per heavy atom. The Hall–Kier alpha value is -0.120. The summed E-state index contributed by atoms with van der Waals surface area (Å²) in [4.78, 5) is 4.92. The van der Waals surface area contributed by atoms with Gasteiger partial charge in [-0.25, -0.2) is 0 Å². The summed E-state index contributed by atoms with van der Waals surface area (Å²) in [5.74, 6) is 0.795. The van der Waals surface area contributed by atoms with Gasteiger partial charge in [-0.05, 0) is 52.4 Å². The Kier molecular flexibility index (Phi) is 3.65. The van der Waals surface area contributed by atoms with Crippen molar-refractivity contribution in [2.45, 2.75) is 37.8 Å². The van der Waals surface area contributed by atoms with Crippen LogP contribution >= 0.6 is 0 Å². The third-order valence-corrected chi connectivity index (χ3v) is 4.25. The molecule has 2 N–H and O–H groups in total. The molecule has 0 bridgehead atoms. The van der Waals surface area contributed by atoms with E-state index in [1.54, 1.807) is 0 Å². The van der Waals surface area contributed by atoms with Gasteiger partial charge in [-0.1, -0.05) is 6.42 Å². The molecule has 3 heteroatoms. The Bertz CT molecular complexity index is 203. The van der Waals surface area contributed by atoms with Gasteiger partial charge in [0, 0.05) is 18.6 Å². The Labute approximate surface area is 93.6 Å². The molecule has 0 aromatic carbocycles. The Morgan fingerprint density at radius 2 is 1.87 bits per heavy atom. The van der Waals surface area contributed by atoms with E-state index in [9.17, 15) is 0 Å². The van der Waals surface area contributed by atoms with Gasteiger partial charge in [-0.15, -0.1) is 0 Å². The van der Waals surface area contributed by atoms with E-state index < -0.39 is 0 Å². The first kappa shape index (κ1) is 11.4. The monoisotopic (exact) mass is 211 g/mol. The largest absolute Gasteiger partial charge is 0.326 e. The molecular weight excluding hydrogens is 186 g/mol. The van der Waals surface area contributed by atoms with Crippen LogP contribution in [-0.4, -0.2) is 55.6 Å². The Morgan fingerprint density at radius 1 is 1.13 bits per heavy atom. The molecule has 0 amide bonds. The number of hydrogen-bond donors (Lipinski definition) is 1. The Balaban J connectivity index is 1.96. The zero-order valence-electron chi connectivity index (χ0n) is 10.2. The zero-order chi connectivity index (χ0) is 10.8. The number of likely N-dealkylation sites (N-methyl/N-ethyl adjacent to an activating group) is 2. The molecule has 15 heavy (non-hydrogen) atoms. The van der Waals surface area contributed by atoms with Crippen molar-refractivity contribution < 1.29 is 0 Å². The molecule has 88 valence electrons. The maximum atomic E-state index is 6.41. The van der Waals surface area contributed by atoms with Gasteiger partial charge >= 0.3 is 0 Å². The van der Waals surface area contributed by atoms with E-state index in [4.69, 9.17) is 5.73 Å². The second kappa shape index (κ2) is 4.81. The summed E-state index contributed by atoms with van der Waals surface area (Å²) in [5.41, 5.74) is 6.41. The predicted octanol–water partition coefficient (Wildman–Crippen LogP) is 0.750. The minimum Gasteiger partial charge on any atom is -0.326 e. The average Bonchev–Trinajstić information content (AvgIpc) is 2.25. The van der Waals surface area contributed by atoms with Crippen molar-refractivity contribution in [3.8, 4) is 0 Å². The molecule has 0 radical (unpaired) electrons. The lowest BCUT2D eigenvalue weighted by atomic mass is 9.77. The van der Waals surface area contributed by atoms with Crippen LogP contribution in [0, 0.1) is 5.92 Å². The third-order valence-electron chi connectivity index (χ3n) is 4.25. The highest BCUT2D eigenvalue weighted by atomic mass is 15.2. The van der Waals surface area contributed by atoms with E-state index in [1.165, 1.54) is 38.8 Å². The smallest absolute Gasteiger partial charge is 0.0373 e.